The minimum absolute atomic E-state index is 0.241. The molecule has 0 N–H and O–H groups in total. The summed E-state index contributed by atoms with van der Waals surface area (Å²) in [5.41, 5.74) is 1.28. The SMILES string of the molecule is CCCCCC=CCC=CCCCCCCCCC1(CCCCCCCCC=CCC=CCCCCC)O[C@H]2CC(N(C)Cc3cccnc3)C[C@H]2O1. The molecule has 0 amide bonds. The predicted octanol–water partition coefficient (Wildman–Crippen LogP) is 14.6. The number of ether oxygens (including phenoxy) is 2. The molecule has 2 heterocycles. The van der Waals surface area contributed by atoms with Crippen molar-refractivity contribution in [1.82, 2.24) is 9.88 Å². The Morgan fingerprint density at radius 3 is 1.47 bits per heavy atom. The molecular weight excluding hydrogens is 649 g/mol. The molecule has 300 valence electrons. The van der Waals surface area contributed by atoms with Crippen LogP contribution in [0.25, 0.3) is 0 Å². The van der Waals surface area contributed by atoms with E-state index in [9.17, 15) is 0 Å². The van der Waals surface area contributed by atoms with Gasteiger partial charge in [0, 0.05) is 37.8 Å². The highest BCUT2D eigenvalue weighted by Gasteiger charge is 2.51. The van der Waals surface area contributed by atoms with Gasteiger partial charge in [0.2, 0.25) is 0 Å². The first kappa shape index (κ1) is 45.4. The maximum atomic E-state index is 6.97. The average molecular weight is 731 g/mol. The molecule has 1 aliphatic heterocycles. The zero-order valence-corrected chi connectivity index (χ0v) is 34.9. The fourth-order valence-corrected chi connectivity index (χ4v) is 8.16. The van der Waals surface area contributed by atoms with Crippen molar-refractivity contribution in [3.8, 4) is 0 Å². The van der Waals surface area contributed by atoms with Crippen molar-refractivity contribution in [2.45, 2.75) is 224 Å². The Labute approximate surface area is 328 Å². The highest BCUT2D eigenvalue weighted by atomic mass is 16.8. The molecule has 1 aromatic heterocycles. The second-order valence-corrected chi connectivity index (χ2v) is 16.3. The first-order chi connectivity index (χ1) is 26.2. The Hall–Kier alpha value is -2.01. The van der Waals surface area contributed by atoms with E-state index in [0.29, 0.717) is 6.04 Å². The van der Waals surface area contributed by atoms with Gasteiger partial charge in [-0.15, -0.1) is 0 Å². The number of hydrogen-bond acceptors (Lipinski definition) is 4. The lowest BCUT2D eigenvalue weighted by atomic mass is 9.98. The Morgan fingerprint density at radius 1 is 0.604 bits per heavy atom. The number of rotatable bonds is 33. The highest BCUT2D eigenvalue weighted by Crippen LogP contribution is 2.45. The molecule has 0 radical (unpaired) electrons. The van der Waals surface area contributed by atoms with Crippen LogP contribution in [0.1, 0.15) is 199 Å². The van der Waals surface area contributed by atoms with Crippen LogP contribution in [-0.4, -0.2) is 41.0 Å². The molecule has 2 fully saturated rings. The molecule has 1 saturated carbocycles. The molecule has 4 nitrogen and oxygen atoms in total. The summed E-state index contributed by atoms with van der Waals surface area (Å²) in [6.07, 6.45) is 58.3. The summed E-state index contributed by atoms with van der Waals surface area (Å²) < 4.78 is 13.9. The van der Waals surface area contributed by atoms with E-state index in [2.05, 4.69) is 85.5 Å². The van der Waals surface area contributed by atoms with E-state index in [1.165, 1.54) is 147 Å². The Balaban J connectivity index is 1.31. The van der Waals surface area contributed by atoms with Gasteiger partial charge in [-0.2, -0.15) is 0 Å². The van der Waals surface area contributed by atoms with E-state index in [4.69, 9.17) is 9.47 Å². The lowest BCUT2D eigenvalue weighted by Crippen LogP contribution is -2.35. The molecule has 2 aliphatic rings. The summed E-state index contributed by atoms with van der Waals surface area (Å²) in [5.74, 6) is -0.354. The van der Waals surface area contributed by atoms with Gasteiger partial charge in [-0.3, -0.25) is 9.88 Å². The maximum absolute atomic E-state index is 6.97. The molecule has 4 heteroatoms. The van der Waals surface area contributed by atoms with Crippen molar-refractivity contribution in [1.29, 1.82) is 0 Å². The van der Waals surface area contributed by atoms with E-state index in [1.807, 2.05) is 18.5 Å². The number of unbranched alkanes of at least 4 members (excludes halogenated alkanes) is 18. The van der Waals surface area contributed by atoms with Crippen molar-refractivity contribution in [2.24, 2.45) is 0 Å². The summed E-state index contributed by atoms with van der Waals surface area (Å²) in [7, 11) is 2.25. The second kappa shape index (κ2) is 30.2. The van der Waals surface area contributed by atoms with Crippen LogP contribution in [0.3, 0.4) is 0 Å². The van der Waals surface area contributed by atoms with Crippen LogP contribution in [0.4, 0.5) is 0 Å². The topological polar surface area (TPSA) is 34.6 Å². The minimum atomic E-state index is -0.354. The number of hydrogen-bond donors (Lipinski definition) is 0. The van der Waals surface area contributed by atoms with E-state index >= 15 is 0 Å². The zero-order chi connectivity index (χ0) is 37.5. The van der Waals surface area contributed by atoms with Gasteiger partial charge < -0.3 is 9.47 Å². The van der Waals surface area contributed by atoms with Gasteiger partial charge in [-0.05, 0) is 109 Å². The van der Waals surface area contributed by atoms with Gasteiger partial charge in [0.1, 0.15) is 0 Å². The minimum Gasteiger partial charge on any atom is -0.344 e. The number of pyridine rings is 1. The fourth-order valence-electron chi connectivity index (χ4n) is 8.16. The maximum Gasteiger partial charge on any atom is 0.169 e. The molecule has 0 bridgehead atoms. The molecule has 3 rings (SSSR count). The van der Waals surface area contributed by atoms with Crippen LogP contribution in [0.5, 0.6) is 0 Å². The van der Waals surface area contributed by atoms with Crippen LogP contribution < -0.4 is 0 Å². The molecule has 0 aromatic carbocycles. The van der Waals surface area contributed by atoms with Gasteiger partial charge in [0.15, 0.2) is 5.79 Å². The smallest absolute Gasteiger partial charge is 0.169 e. The van der Waals surface area contributed by atoms with Gasteiger partial charge in [-0.1, -0.05) is 146 Å². The van der Waals surface area contributed by atoms with Crippen LogP contribution in [0.15, 0.2) is 73.1 Å². The van der Waals surface area contributed by atoms with E-state index in [-0.39, 0.29) is 18.0 Å². The fraction of sp³-hybridized carbons (Fsp3) is 0.735. The number of nitrogens with zero attached hydrogens (tertiary/aromatic N) is 2. The van der Waals surface area contributed by atoms with Crippen molar-refractivity contribution >= 4 is 0 Å². The third kappa shape index (κ3) is 21.0. The van der Waals surface area contributed by atoms with E-state index in [1.54, 1.807) is 0 Å². The Morgan fingerprint density at radius 2 is 1.04 bits per heavy atom. The van der Waals surface area contributed by atoms with E-state index < -0.39 is 0 Å². The van der Waals surface area contributed by atoms with Crippen LogP contribution in [-0.2, 0) is 16.0 Å². The van der Waals surface area contributed by atoms with Gasteiger partial charge in [-0.25, -0.2) is 0 Å². The third-order valence-electron chi connectivity index (χ3n) is 11.5. The normalized spacial score (nSPS) is 21.8. The molecular formula is C49H82N2O2. The third-order valence-corrected chi connectivity index (χ3v) is 11.5. The number of aromatic nitrogens is 1. The summed E-state index contributed by atoms with van der Waals surface area (Å²) in [6, 6.07) is 4.72. The van der Waals surface area contributed by atoms with Gasteiger partial charge >= 0.3 is 0 Å². The van der Waals surface area contributed by atoms with Crippen LogP contribution in [0, 0.1) is 0 Å². The van der Waals surface area contributed by atoms with Crippen molar-refractivity contribution in [3.05, 3.63) is 78.7 Å². The lowest BCUT2D eigenvalue weighted by Gasteiger charge is -2.32. The first-order valence-electron chi connectivity index (χ1n) is 22.7. The van der Waals surface area contributed by atoms with Gasteiger partial charge in [0.05, 0.1) is 12.2 Å². The Kier molecular flexibility index (Phi) is 25.9. The monoisotopic (exact) mass is 731 g/mol. The molecule has 1 aliphatic carbocycles. The summed E-state index contributed by atoms with van der Waals surface area (Å²) in [5, 5.41) is 0. The molecule has 53 heavy (non-hydrogen) atoms. The average Bonchev–Trinajstić information content (AvgIpc) is 3.72. The first-order valence-corrected chi connectivity index (χ1v) is 22.7. The summed E-state index contributed by atoms with van der Waals surface area (Å²) >= 11 is 0. The number of fused-ring (bicyclic) bond motifs is 1. The van der Waals surface area contributed by atoms with Crippen LogP contribution in [0.2, 0.25) is 0 Å². The van der Waals surface area contributed by atoms with Gasteiger partial charge in [0.25, 0.3) is 0 Å². The van der Waals surface area contributed by atoms with Crippen molar-refractivity contribution in [2.75, 3.05) is 7.05 Å². The molecule has 1 unspecified atom stereocenters. The quantitative estimate of drug-likeness (QED) is 0.0533. The second-order valence-electron chi connectivity index (χ2n) is 16.3. The lowest BCUT2D eigenvalue weighted by molar-refractivity contribution is -0.193. The van der Waals surface area contributed by atoms with Crippen molar-refractivity contribution in [3.63, 3.8) is 0 Å². The zero-order valence-electron chi connectivity index (χ0n) is 34.9. The molecule has 1 aromatic rings. The number of allylic oxidation sites excluding steroid dienone is 8. The molecule has 1 saturated heterocycles. The molecule has 0 spiro atoms. The standard InChI is InChI=1S/C49H82N2O2/c1-4-6-8-10-12-14-16-18-20-22-24-26-28-30-32-34-38-49(39-35-33-31-29-27-25-23-21-19-17-15-13-11-9-7-5-2)52-47-41-46(42-48(47)53-49)51(3)44-45-37-36-40-50-43-45/h12-15,18-21,36-37,40,43,46-48H,4-11,16-17,22-35,38-39,41-42,44H2,1-3H3/t46?,47-,48+,49?. The molecule has 3 atom stereocenters. The highest BCUT2D eigenvalue weighted by molar-refractivity contribution is 5.09. The largest absolute Gasteiger partial charge is 0.344 e. The summed E-state index contributed by atoms with van der Waals surface area (Å²) in [4.78, 5) is 6.80. The van der Waals surface area contributed by atoms with Crippen LogP contribution >= 0.6 is 0 Å². The van der Waals surface area contributed by atoms with Crippen molar-refractivity contribution < 1.29 is 9.47 Å². The van der Waals surface area contributed by atoms with E-state index in [0.717, 1.165) is 45.1 Å². The predicted molar refractivity (Wildman–Crippen MR) is 229 cm³/mol. The summed E-state index contributed by atoms with van der Waals surface area (Å²) in [6.45, 7) is 5.47. The Bertz CT molecular complexity index is 1050.